The molecule has 0 unspecified atom stereocenters. The van der Waals surface area contributed by atoms with E-state index in [1.54, 1.807) is 6.92 Å². The second kappa shape index (κ2) is 11.8. The molecule has 0 bridgehead atoms. The molecule has 0 saturated carbocycles. The molecule has 1 aliphatic heterocycles. The van der Waals surface area contributed by atoms with E-state index in [1.165, 1.54) is 0 Å². The third-order valence-corrected chi connectivity index (χ3v) is 5.14. The van der Waals surface area contributed by atoms with Crippen LogP contribution in [0.3, 0.4) is 0 Å². The molecule has 1 aromatic rings. The molecule has 1 fully saturated rings. The molecule has 1 aromatic carbocycles. The van der Waals surface area contributed by atoms with Gasteiger partial charge in [-0.1, -0.05) is 19.8 Å². The molecule has 28 heavy (non-hydrogen) atoms. The van der Waals surface area contributed by atoms with Gasteiger partial charge in [-0.2, -0.15) is 0 Å². The highest BCUT2D eigenvalue weighted by Crippen LogP contribution is 2.15. The molecular formula is C22H35N3O3. The standard InChI is InChI=1S/C22H35N3O3/c1-3-4-5-7-21(26)19-8-10-20(11-9-19)28-17-6-12-24-13-15-25(16-14-24)22(27)18(2)23/h8-11,18H,3-7,12-17,23H2,1-2H3/t18-/m1/s1. The van der Waals surface area contributed by atoms with E-state index in [0.29, 0.717) is 13.0 Å². The van der Waals surface area contributed by atoms with Gasteiger partial charge in [-0.25, -0.2) is 0 Å². The van der Waals surface area contributed by atoms with Gasteiger partial charge in [0.15, 0.2) is 5.78 Å². The second-order valence-corrected chi connectivity index (χ2v) is 7.56. The largest absolute Gasteiger partial charge is 0.494 e. The summed E-state index contributed by atoms with van der Waals surface area (Å²) in [5.41, 5.74) is 6.43. The van der Waals surface area contributed by atoms with Crippen molar-refractivity contribution < 1.29 is 14.3 Å². The van der Waals surface area contributed by atoms with Crippen molar-refractivity contribution in [2.24, 2.45) is 5.73 Å². The minimum absolute atomic E-state index is 0.0373. The Kier molecular flexibility index (Phi) is 9.44. The van der Waals surface area contributed by atoms with Crippen molar-refractivity contribution in [2.75, 3.05) is 39.3 Å². The molecule has 0 spiro atoms. The number of piperazine rings is 1. The van der Waals surface area contributed by atoms with Crippen LogP contribution in [-0.2, 0) is 4.79 Å². The zero-order valence-electron chi connectivity index (χ0n) is 17.4. The number of nitrogens with two attached hydrogens (primary N) is 1. The fraction of sp³-hybridized carbons (Fsp3) is 0.636. The SMILES string of the molecule is CCCCCC(=O)c1ccc(OCCCN2CCN(C(=O)[C@@H](C)N)CC2)cc1. The van der Waals surface area contributed by atoms with Crippen molar-refractivity contribution in [3.05, 3.63) is 29.8 Å². The number of hydrogen-bond acceptors (Lipinski definition) is 5. The van der Waals surface area contributed by atoms with Crippen LogP contribution in [0.25, 0.3) is 0 Å². The number of carbonyl (C=O) groups excluding carboxylic acids is 2. The van der Waals surface area contributed by atoms with Gasteiger partial charge in [0.1, 0.15) is 5.75 Å². The minimum Gasteiger partial charge on any atom is -0.494 e. The van der Waals surface area contributed by atoms with Crippen molar-refractivity contribution in [1.82, 2.24) is 9.80 Å². The third-order valence-electron chi connectivity index (χ3n) is 5.14. The molecule has 1 aliphatic rings. The fourth-order valence-corrected chi connectivity index (χ4v) is 3.37. The summed E-state index contributed by atoms with van der Waals surface area (Å²) in [6, 6.07) is 7.06. The highest BCUT2D eigenvalue weighted by Gasteiger charge is 2.22. The molecular weight excluding hydrogens is 354 g/mol. The number of Topliss-reactive ketones (excluding diaryl/α,β-unsaturated/α-hetero) is 1. The van der Waals surface area contributed by atoms with E-state index in [1.807, 2.05) is 29.2 Å². The lowest BCUT2D eigenvalue weighted by atomic mass is 10.0. The topological polar surface area (TPSA) is 75.9 Å². The Hall–Kier alpha value is -1.92. The average molecular weight is 390 g/mol. The number of rotatable bonds is 11. The molecule has 156 valence electrons. The van der Waals surface area contributed by atoms with Gasteiger partial charge in [0.2, 0.25) is 5.91 Å². The summed E-state index contributed by atoms with van der Waals surface area (Å²) in [7, 11) is 0. The van der Waals surface area contributed by atoms with Crippen molar-refractivity contribution in [3.8, 4) is 5.75 Å². The van der Waals surface area contributed by atoms with Crippen LogP contribution in [0.5, 0.6) is 5.75 Å². The Bertz CT molecular complexity index is 608. The molecule has 1 atom stereocenters. The molecule has 1 saturated heterocycles. The first-order chi connectivity index (χ1) is 13.5. The van der Waals surface area contributed by atoms with Crippen LogP contribution in [0, 0.1) is 0 Å². The first kappa shape index (κ1) is 22.4. The van der Waals surface area contributed by atoms with E-state index < -0.39 is 6.04 Å². The van der Waals surface area contributed by atoms with Gasteiger partial charge >= 0.3 is 0 Å². The van der Waals surface area contributed by atoms with Crippen LogP contribution < -0.4 is 10.5 Å². The molecule has 1 amide bonds. The molecule has 1 heterocycles. The molecule has 0 aromatic heterocycles. The number of ketones is 1. The molecule has 2 rings (SSSR count). The van der Waals surface area contributed by atoms with Gasteiger partial charge < -0.3 is 15.4 Å². The zero-order chi connectivity index (χ0) is 20.4. The predicted octanol–water partition coefficient (Wildman–Crippen LogP) is 2.71. The highest BCUT2D eigenvalue weighted by atomic mass is 16.5. The molecule has 0 radical (unpaired) electrons. The first-order valence-corrected chi connectivity index (χ1v) is 10.5. The van der Waals surface area contributed by atoms with Crippen molar-refractivity contribution in [1.29, 1.82) is 0 Å². The Morgan fingerprint density at radius 2 is 1.75 bits per heavy atom. The maximum Gasteiger partial charge on any atom is 0.239 e. The summed E-state index contributed by atoms with van der Waals surface area (Å²) < 4.78 is 5.80. The zero-order valence-corrected chi connectivity index (χ0v) is 17.4. The summed E-state index contributed by atoms with van der Waals surface area (Å²) in [5, 5.41) is 0. The predicted molar refractivity (Wildman–Crippen MR) is 112 cm³/mol. The number of amides is 1. The van der Waals surface area contributed by atoms with Crippen molar-refractivity contribution in [3.63, 3.8) is 0 Å². The lowest BCUT2D eigenvalue weighted by molar-refractivity contribution is -0.133. The number of nitrogens with zero attached hydrogens (tertiary/aromatic N) is 2. The Morgan fingerprint density at radius 3 is 2.36 bits per heavy atom. The first-order valence-electron chi connectivity index (χ1n) is 10.5. The fourth-order valence-electron chi connectivity index (χ4n) is 3.37. The normalized spacial score (nSPS) is 16.0. The lowest BCUT2D eigenvalue weighted by Crippen LogP contribution is -2.52. The van der Waals surface area contributed by atoms with Gasteiger partial charge in [0.05, 0.1) is 12.6 Å². The van der Waals surface area contributed by atoms with Crippen molar-refractivity contribution in [2.45, 2.75) is 52.0 Å². The van der Waals surface area contributed by atoms with Crippen LogP contribution in [0.4, 0.5) is 0 Å². The van der Waals surface area contributed by atoms with E-state index >= 15 is 0 Å². The van der Waals surface area contributed by atoms with Gasteiger partial charge in [-0.3, -0.25) is 14.5 Å². The summed E-state index contributed by atoms with van der Waals surface area (Å²) in [6.07, 6.45) is 4.74. The van der Waals surface area contributed by atoms with Crippen LogP contribution >= 0.6 is 0 Å². The Labute approximate surface area is 169 Å². The van der Waals surface area contributed by atoms with Gasteiger partial charge in [-0.05, 0) is 44.0 Å². The number of carbonyl (C=O) groups is 2. The number of unbranched alkanes of at least 4 members (excludes halogenated alkanes) is 2. The molecule has 0 aliphatic carbocycles. The lowest BCUT2D eigenvalue weighted by Gasteiger charge is -2.35. The quantitative estimate of drug-likeness (QED) is 0.465. The second-order valence-electron chi connectivity index (χ2n) is 7.56. The maximum atomic E-state index is 12.1. The highest BCUT2D eigenvalue weighted by molar-refractivity contribution is 5.96. The van der Waals surface area contributed by atoms with E-state index in [-0.39, 0.29) is 11.7 Å². The van der Waals surface area contributed by atoms with E-state index in [2.05, 4.69) is 11.8 Å². The molecule has 6 nitrogen and oxygen atoms in total. The van der Waals surface area contributed by atoms with Crippen LogP contribution in [0.2, 0.25) is 0 Å². The van der Waals surface area contributed by atoms with Crippen LogP contribution in [0.1, 0.15) is 56.3 Å². The number of ether oxygens (including phenoxy) is 1. The number of hydrogen-bond donors (Lipinski definition) is 1. The minimum atomic E-state index is -0.419. The van der Waals surface area contributed by atoms with E-state index in [0.717, 1.165) is 69.7 Å². The van der Waals surface area contributed by atoms with Crippen LogP contribution in [0.15, 0.2) is 24.3 Å². The Morgan fingerprint density at radius 1 is 1.07 bits per heavy atom. The van der Waals surface area contributed by atoms with Gasteiger partial charge in [0, 0.05) is 44.7 Å². The van der Waals surface area contributed by atoms with Gasteiger partial charge in [-0.15, -0.1) is 0 Å². The Balaban J connectivity index is 1.62. The van der Waals surface area contributed by atoms with Crippen molar-refractivity contribution >= 4 is 11.7 Å². The third kappa shape index (κ3) is 7.24. The smallest absolute Gasteiger partial charge is 0.239 e. The van der Waals surface area contributed by atoms with Gasteiger partial charge in [0.25, 0.3) is 0 Å². The summed E-state index contributed by atoms with van der Waals surface area (Å²) in [5.74, 6) is 1.05. The molecule has 2 N–H and O–H groups in total. The maximum absolute atomic E-state index is 12.1. The summed E-state index contributed by atoms with van der Waals surface area (Å²) in [6.45, 7) is 8.72. The van der Waals surface area contributed by atoms with Crippen LogP contribution in [-0.4, -0.2) is 66.9 Å². The van der Waals surface area contributed by atoms with E-state index in [4.69, 9.17) is 10.5 Å². The number of benzene rings is 1. The summed E-state index contributed by atoms with van der Waals surface area (Å²) in [4.78, 5) is 28.2. The monoisotopic (exact) mass is 389 g/mol. The summed E-state index contributed by atoms with van der Waals surface area (Å²) >= 11 is 0. The van der Waals surface area contributed by atoms with E-state index in [9.17, 15) is 9.59 Å². The average Bonchev–Trinajstić information content (AvgIpc) is 2.71. The molecule has 6 heteroatoms.